The summed E-state index contributed by atoms with van der Waals surface area (Å²) in [6.45, 7) is 0. The van der Waals surface area contributed by atoms with Gasteiger partial charge >= 0.3 is 12.1 Å². The largest absolute Gasteiger partial charge is 0.490 e. The number of hydrogen-bond acceptors (Lipinski definition) is 4. The third-order valence-electron chi connectivity index (χ3n) is 2.72. The Morgan fingerprint density at radius 2 is 1.88 bits per heavy atom. The summed E-state index contributed by atoms with van der Waals surface area (Å²) < 4.78 is 31.7. The predicted molar refractivity (Wildman–Crippen MR) is 83.8 cm³/mol. The molecular weight excluding hydrogens is 361 g/mol. The normalized spacial score (nSPS) is 10.7. The molecule has 0 saturated heterocycles. The minimum absolute atomic E-state index is 0.609. The molecule has 6 nitrogen and oxygen atoms in total. The second kappa shape index (κ2) is 7.75. The zero-order valence-corrected chi connectivity index (χ0v) is 13.1. The van der Waals surface area contributed by atoms with Gasteiger partial charge in [-0.15, -0.1) is 0 Å². The van der Waals surface area contributed by atoms with Gasteiger partial charge in [-0.25, -0.2) is 9.78 Å². The molecule has 3 rings (SSSR count). The first-order chi connectivity index (χ1) is 11.8. The number of aliphatic carboxylic acids is 1. The molecule has 25 heavy (non-hydrogen) atoms. The molecule has 0 radical (unpaired) electrons. The molecular formula is C15H10ClF3N4O2. The summed E-state index contributed by atoms with van der Waals surface area (Å²) in [5.41, 5.74) is 1.64. The van der Waals surface area contributed by atoms with E-state index in [1.165, 1.54) is 0 Å². The van der Waals surface area contributed by atoms with Gasteiger partial charge in [0, 0.05) is 16.8 Å². The van der Waals surface area contributed by atoms with Gasteiger partial charge in [-0.2, -0.15) is 18.3 Å². The maximum atomic E-state index is 10.6. The Morgan fingerprint density at radius 1 is 1.16 bits per heavy atom. The molecule has 0 aliphatic rings. The number of nitrogens with one attached hydrogen (secondary N) is 1. The van der Waals surface area contributed by atoms with Crippen molar-refractivity contribution in [1.29, 1.82) is 0 Å². The van der Waals surface area contributed by atoms with Gasteiger partial charge in [0.05, 0.1) is 0 Å². The minimum Gasteiger partial charge on any atom is -0.475 e. The first kappa shape index (κ1) is 18.4. The Hall–Kier alpha value is -2.94. The predicted octanol–water partition coefficient (Wildman–Crippen LogP) is 3.82. The molecule has 10 heteroatoms. The fraction of sp³-hybridized carbons (Fsp3) is 0.0667. The number of alkyl halides is 3. The van der Waals surface area contributed by atoms with E-state index in [9.17, 15) is 13.2 Å². The van der Waals surface area contributed by atoms with Crippen molar-refractivity contribution in [3.05, 3.63) is 53.7 Å². The number of hydrogen-bond donors (Lipinski definition) is 2. The van der Waals surface area contributed by atoms with Crippen molar-refractivity contribution in [2.24, 2.45) is 0 Å². The molecule has 1 aromatic carbocycles. The third kappa shape index (κ3) is 5.28. The molecule has 130 valence electrons. The summed E-state index contributed by atoms with van der Waals surface area (Å²) >= 11 is 5.94. The van der Waals surface area contributed by atoms with Crippen molar-refractivity contribution in [3.8, 4) is 22.9 Å². The highest BCUT2D eigenvalue weighted by molar-refractivity contribution is 6.30. The molecule has 0 unspecified atom stereocenters. The monoisotopic (exact) mass is 370 g/mol. The highest BCUT2D eigenvalue weighted by atomic mass is 35.5. The molecule has 0 bridgehead atoms. The first-order valence-electron chi connectivity index (χ1n) is 6.67. The van der Waals surface area contributed by atoms with Crippen molar-refractivity contribution >= 4 is 17.6 Å². The quantitative estimate of drug-likeness (QED) is 0.715. The van der Waals surface area contributed by atoms with E-state index in [1.807, 2.05) is 42.5 Å². The molecule has 0 spiro atoms. The van der Waals surface area contributed by atoms with Crippen LogP contribution < -0.4 is 0 Å². The number of aromatic nitrogens is 4. The lowest BCUT2D eigenvalue weighted by Crippen LogP contribution is -2.21. The Balaban J connectivity index is 0.000000277. The van der Waals surface area contributed by atoms with Gasteiger partial charge in [-0.3, -0.25) is 10.1 Å². The van der Waals surface area contributed by atoms with E-state index >= 15 is 0 Å². The highest BCUT2D eigenvalue weighted by Gasteiger charge is 2.38. The number of pyridine rings is 1. The number of rotatable bonds is 2. The summed E-state index contributed by atoms with van der Waals surface area (Å²) in [7, 11) is 0. The average Bonchev–Trinajstić information content (AvgIpc) is 3.05. The molecule has 0 saturated carbocycles. The standard InChI is InChI=1S/C13H9ClN4.C2HF3O2/c14-10-5-3-4-9(8-10)12-16-13(18-17-12)11-6-1-2-7-15-11;3-2(4,5)1(6)7/h1-8H,(H,16,17,18);(H,6,7). The number of aromatic amines is 1. The second-order valence-electron chi connectivity index (χ2n) is 4.54. The van der Waals surface area contributed by atoms with Crippen LogP contribution in [0.5, 0.6) is 0 Å². The first-order valence-corrected chi connectivity index (χ1v) is 7.05. The number of nitrogens with zero attached hydrogens (tertiary/aromatic N) is 3. The van der Waals surface area contributed by atoms with E-state index in [-0.39, 0.29) is 0 Å². The molecule has 2 heterocycles. The van der Waals surface area contributed by atoms with Crippen LogP contribution in [0.15, 0.2) is 48.7 Å². The third-order valence-corrected chi connectivity index (χ3v) is 2.95. The van der Waals surface area contributed by atoms with Crippen LogP contribution in [0.3, 0.4) is 0 Å². The van der Waals surface area contributed by atoms with E-state index < -0.39 is 12.1 Å². The van der Waals surface area contributed by atoms with Crippen molar-refractivity contribution in [3.63, 3.8) is 0 Å². The number of benzene rings is 1. The molecule has 0 amide bonds. The summed E-state index contributed by atoms with van der Waals surface area (Å²) in [5.74, 6) is -1.50. The lowest BCUT2D eigenvalue weighted by Gasteiger charge is -1.95. The van der Waals surface area contributed by atoms with Crippen LogP contribution in [0.2, 0.25) is 5.02 Å². The SMILES string of the molecule is Clc1cccc(-c2n[nH]c(-c3ccccn3)n2)c1.O=C(O)C(F)(F)F. The Morgan fingerprint density at radius 3 is 2.44 bits per heavy atom. The summed E-state index contributed by atoms with van der Waals surface area (Å²) in [6.07, 6.45) is -3.36. The summed E-state index contributed by atoms with van der Waals surface area (Å²) in [6, 6.07) is 13.1. The number of carboxylic acid groups (broad SMARTS) is 1. The number of carbonyl (C=O) groups is 1. The van der Waals surface area contributed by atoms with Crippen molar-refractivity contribution in [1.82, 2.24) is 20.2 Å². The highest BCUT2D eigenvalue weighted by Crippen LogP contribution is 2.21. The second-order valence-corrected chi connectivity index (χ2v) is 4.97. The van der Waals surface area contributed by atoms with Crippen LogP contribution in [0.1, 0.15) is 0 Å². The van der Waals surface area contributed by atoms with E-state index in [4.69, 9.17) is 21.5 Å². The maximum absolute atomic E-state index is 10.6. The van der Waals surface area contributed by atoms with Crippen LogP contribution in [0.4, 0.5) is 13.2 Å². The Labute approximate surface area is 144 Å². The van der Waals surface area contributed by atoms with Crippen molar-refractivity contribution in [2.75, 3.05) is 0 Å². The van der Waals surface area contributed by atoms with Gasteiger partial charge < -0.3 is 5.11 Å². The van der Waals surface area contributed by atoms with Gasteiger partial charge in [-0.1, -0.05) is 29.8 Å². The fourth-order valence-electron chi connectivity index (χ4n) is 1.64. The lowest BCUT2D eigenvalue weighted by molar-refractivity contribution is -0.192. The van der Waals surface area contributed by atoms with Gasteiger partial charge in [0.1, 0.15) is 5.69 Å². The smallest absolute Gasteiger partial charge is 0.475 e. The lowest BCUT2D eigenvalue weighted by atomic mass is 10.2. The topological polar surface area (TPSA) is 91.8 Å². The zero-order valence-electron chi connectivity index (χ0n) is 12.3. The molecule has 2 aromatic heterocycles. The van der Waals surface area contributed by atoms with Gasteiger partial charge in [0.25, 0.3) is 0 Å². The van der Waals surface area contributed by atoms with Gasteiger partial charge in [-0.05, 0) is 24.3 Å². The molecule has 0 fully saturated rings. The van der Waals surface area contributed by atoms with Crippen LogP contribution in [0.25, 0.3) is 22.9 Å². The number of carboxylic acids is 1. The van der Waals surface area contributed by atoms with Crippen LogP contribution in [0, 0.1) is 0 Å². The van der Waals surface area contributed by atoms with E-state index in [0.717, 1.165) is 11.3 Å². The average molecular weight is 371 g/mol. The minimum atomic E-state index is -5.08. The van der Waals surface area contributed by atoms with Crippen LogP contribution in [-0.2, 0) is 4.79 Å². The summed E-state index contributed by atoms with van der Waals surface area (Å²) in [4.78, 5) is 17.5. The molecule has 2 N–H and O–H groups in total. The molecule has 0 aliphatic carbocycles. The van der Waals surface area contributed by atoms with Crippen LogP contribution in [-0.4, -0.2) is 37.4 Å². The Kier molecular flexibility index (Phi) is 5.71. The van der Waals surface area contributed by atoms with Crippen molar-refractivity contribution in [2.45, 2.75) is 6.18 Å². The molecule has 0 aliphatic heterocycles. The van der Waals surface area contributed by atoms with Gasteiger partial charge in [0.2, 0.25) is 0 Å². The molecule has 3 aromatic rings. The van der Waals surface area contributed by atoms with Crippen LogP contribution >= 0.6 is 11.6 Å². The number of halogens is 4. The fourth-order valence-corrected chi connectivity index (χ4v) is 1.83. The Bertz CT molecular complexity index is 853. The zero-order chi connectivity index (χ0) is 18.4. The van der Waals surface area contributed by atoms with E-state index in [1.54, 1.807) is 6.20 Å². The maximum Gasteiger partial charge on any atom is 0.490 e. The number of H-pyrrole nitrogens is 1. The van der Waals surface area contributed by atoms with E-state index in [0.29, 0.717) is 16.7 Å². The van der Waals surface area contributed by atoms with E-state index in [2.05, 4.69) is 20.2 Å². The van der Waals surface area contributed by atoms with Crippen molar-refractivity contribution < 1.29 is 23.1 Å². The van der Waals surface area contributed by atoms with Gasteiger partial charge in [0.15, 0.2) is 11.6 Å². The molecule has 0 atom stereocenters. The summed E-state index contributed by atoms with van der Waals surface area (Å²) in [5, 5.41) is 14.8.